The van der Waals surface area contributed by atoms with Crippen LogP contribution in [0.15, 0.2) is 146 Å². The Morgan fingerprint density at radius 3 is 0.685 bits per heavy atom. The number of rotatable bonds is 70. The van der Waals surface area contributed by atoms with Crippen LogP contribution in [0, 0.1) is 0 Å². The average Bonchev–Trinajstić information content (AvgIpc) is 0.843. The lowest BCUT2D eigenvalue weighted by Crippen LogP contribution is -2.60. The number of benzene rings is 6. The topological polar surface area (TPSA) is 794 Å². The third kappa shape index (κ3) is 44.8. The van der Waals surface area contributed by atoms with E-state index in [1.54, 1.807) is 0 Å². The molecule has 6 aromatic rings. The first kappa shape index (κ1) is 122. The van der Waals surface area contributed by atoms with E-state index in [1.807, 2.05) is 0 Å². The molecule has 50 heteroatoms. The van der Waals surface area contributed by atoms with Crippen LogP contribution in [0.25, 0.3) is 0 Å². The Kier molecular flexibility index (Phi) is 55.6. The second-order valence-electron chi connectivity index (χ2n) is 35.8. The van der Waals surface area contributed by atoms with Gasteiger partial charge in [0, 0.05) is 62.1 Å². The van der Waals surface area contributed by atoms with Crippen LogP contribution in [0.4, 0.5) is 0 Å². The summed E-state index contributed by atoms with van der Waals surface area (Å²) in [7, 11) is -9.12. The van der Waals surface area contributed by atoms with E-state index in [0.29, 0.717) is 74.5 Å². The minimum Gasteiger partial charge on any atom is -0.508 e. The highest BCUT2D eigenvalue weighted by Crippen LogP contribution is 2.18. The van der Waals surface area contributed by atoms with Crippen LogP contribution >= 0.6 is 0 Å². The Morgan fingerprint density at radius 1 is 0.233 bits per heavy atom. The fraction of sp³-hybridized carbons (Fsp3) is 0.479. The zero-order valence-electron chi connectivity index (χ0n) is 81.9. The molecule has 792 valence electrons. The number of aromatic hydroxyl groups is 1. The lowest BCUT2D eigenvalue weighted by molar-refractivity contribution is -0.142. The zero-order valence-corrected chi connectivity index (χ0v) is 81.9. The van der Waals surface area contributed by atoms with Crippen molar-refractivity contribution in [1.82, 2.24) is 69.1 Å². The molecule has 6 rings (SSSR count). The van der Waals surface area contributed by atoms with Crippen molar-refractivity contribution in [3.05, 3.63) is 179 Å². The largest absolute Gasteiger partial charge is 0.508 e. The Hall–Kier alpha value is -12.6. The molecule has 13 amide bonds. The maximum absolute atomic E-state index is 15.8. The number of carbonyl (C=O) groups is 14. The van der Waals surface area contributed by atoms with Crippen molar-refractivity contribution in [1.29, 1.82) is 0 Å². The van der Waals surface area contributed by atoms with Gasteiger partial charge in [-0.3, -0.25) is 62.3 Å². The van der Waals surface area contributed by atoms with Gasteiger partial charge in [0.25, 0.3) is 17.7 Å². The van der Waals surface area contributed by atoms with Gasteiger partial charge >= 0.3 is 41.6 Å². The molecule has 0 aliphatic rings. The number of carbonyl (C=O) groups excluding carboxylic acids is 13. The number of carboxylic acid groups (broad SMARTS) is 1. The molecule has 37 N–H and O–H groups in total. The normalized spacial score (nSPS) is 13.3. The van der Waals surface area contributed by atoms with E-state index in [-0.39, 0.29) is 211 Å². The monoisotopic (exact) mass is 2030 g/mol. The van der Waals surface area contributed by atoms with Crippen molar-refractivity contribution in [2.75, 3.05) is 52.4 Å². The van der Waals surface area contributed by atoms with Gasteiger partial charge in [0.1, 0.15) is 60.1 Å². The van der Waals surface area contributed by atoms with E-state index in [0.717, 1.165) is 0 Å². The first-order valence-corrected chi connectivity index (χ1v) is 49.3. The second kappa shape index (κ2) is 66.5. The number of nitrogens with one attached hydrogen (secondary N) is 13. The fourth-order valence-corrected chi connectivity index (χ4v) is 15.5. The first-order chi connectivity index (χ1) is 69.8. The van der Waals surface area contributed by atoms with Gasteiger partial charge in [-0.2, -0.15) is 0 Å². The minimum atomic E-state index is -1.95. The summed E-state index contributed by atoms with van der Waals surface area (Å²) in [5.74, 6) is -12.0. The molecule has 0 fully saturated rings. The molecule has 0 saturated heterocycles. The van der Waals surface area contributed by atoms with Gasteiger partial charge in [0.05, 0.1) is 12.1 Å². The molecule has 6 aromatic carbocycles. The summed E-state index contributed by atoms with van der Waals surface area (Å²) in [6.07, 6.45) is 2.20. The molecule has 0 heterocycles. The summed E-state index contributed by atoms with van der Waals surface area (Å²) in [4.78, 5) is 201. The van der Waals surface area contributed by atoms with Gasteiger partial charge in [-0.1, -0.05) is 97.1 Å². The van der Waals surface area contributed by atoms with Crippen LogP contribution in [-0.4, -0.2) is 298 Å². The maximum Gasteiger partial charge on any atom is 0.488 e. The highest BCUT2D eigenvalue weighted by Gasteiger charge is 2.37. The SMILES string of the molecule is NCCCC[C@H](NC(=O)[C@H](CCCCN)NC(=O)[C@H](CCCCNC(=O)c1ccc(B(O)O)cc1)NC(=O)[C@H](CCCCNC(=O)[C@H](Cc1ccc(B(O)O)cc1)NC(=O)[C@H](CCCCN)NC(=O)[C@@H](N)CCCCNC(=O)c1ccc(B(O)O)cc1)NC(=O)[C@H](Cc1ccc(B(O)O)cc1)NC(=O)[C@H](CCCCN)NC(=O)[C@@H](N)CCCCNC(=O)c1ccc(B(O)O)cc1)C(=O)N[C@@H](Cc1ccc(O)cc1)C(=O)O. The van der Waals surface area contributed by atoms with Gasteiger partial charge in [-0.25, -0.2) is 4.79 Å². The lowest BCUT2D eigenvalue weighted by atomic mass is 9.80. The molecule has 0 unspecified atom stereocenters. The highest BCUT2D eigenvalue weighted by atomic mass is 16.4. The molecule has 0 bridgehead atoms. The number of nitrogens with two attached hydrogens (primary N) is 6. The van der Waals surface area contributed by atoms with Crippen LogP contribution in [-0.2, 0) is 72.0 Å². The van der Waals surface area contributed by atoms with E-state index in [9.17, 15) is 108 Å². The molecule has 0 aliphatic carbocycles. The van der Waals surface area contributed by atoms with Crippen molar-refractivity contribution < 1.29 is 128 Å². The quantitative estimate of drug-likeness (QED) is 0.0125. The summed E-state index contributed by atoms with van der Waals surface area (Å²) >= 11 is 0. The molecule has 0 aliphatic heterocycles. The van der Waals surface area contributed by atoms with Gasteiger partial charge in [-0.05, 0) is 273 Å². The summed E-state index contributed by atoms with van der Waals surface area (Å²) in [6.45, 7) is 0.723. The third-order valence-corrected chi connectivity index (χ3v) is 24.2. The second-order valence-corrected chi connectivity index (χ2v) is 35.8. The Labute approximate surface area is 849 Å². The van der Waals surface area contributed by atoms with Gasteiger partial charge in [-0.15, -0.1) is 0 Å². The Balaban J connectivity index is 1.36. The van der Waals surface area contributed by atoms with Crippen LogP contribution in [0.3, 0.4) is 0 Å². The average molecular weight is 2030 g/mol. The number of amides is 13. The molecule has 0 radical (unpaired) electrons. The highest BCUT2D eigenvalue weighted by molar-refractivity contribution is 6.60. The molecule has 146 heavy (non-hydrogen) atoms. The number of unbranched alkanes of at least 4 members (excludes halogenated alkanes) is 8. The molecule has 0 spiro atoms. The van der Waals surface area contributed by atoms with E-state index in [1.165, 1.54) is 146 Å². The summed E-state index contributed by atoms with van der Waals surface area (Å²) in [5.41, 5.74) is 38.8. The summed E-state index contributed by atoms with van der Waals surface area (Å²) < 4.78 is 0. The van der Waals surface area contributed by atoms with E-state index < -0.39 is 191 Å². The molecule has 0 aromatic heterocycles. The van der Waals surface area contributed by atoms with Crippen molar-refractivity contribution in [2.45, 2.75) is 240 Å². The Morgan fingerprint density at radius 2 is 0.432 bits per heavy atom. The fourth-order valence-electron chi connectivity index (χ4n) is 15.5. The van der Waals surface area contributed by atoms with Gasteiger partial charge in [0.2, 0.25) is 59.1 Å². The molecular weight excluding hydrogens is 1890 g/mol. The number of hydrogen-bond acceptors (Lipinski definition) is 31. The minimum absolute atomic E-state index is 0.0142. The predicted molar refractivity (Wildman–Crippen MR) is 549 cm³/mol. The maximum atomic E-state index is 15.8. The van der Waals surface area contributed by atoms with Crippen molar-refractivity contribution >= 4 is 146 Å². The van der Waals surface area contributed by atoms with Gasteiger partial charge in [0.15, 0.2) is 0 Å². The lowest BCUT2D eigenvalue weighted by Gasteiger charge is -2.28. The predicted octanol–water partition coefficient (Wildman–Crippen LogP) is -8.48. The molecule has 45 nitrogen and oxygen atoms in total. The van der Waals surface area contributed by atoms with Crippen LogP contribution < -0.4 is 131 Å². The number of phenols is 1. The van der Waals surface area contributed by atoms with Crippen molar-refractivity contribution in [3.8, 4) is 5.75 Å². The smallest absolute Gasteiger partial charge is 0.488 e. The summed E-state index contributed by atoms with van der Waals surface area (Å²) in [6, 6.07) is 17.4. The Bertz CT molecular complexity index is 5080. The van der Waals surface area contributed by atoms with E-state index in [4.69, 9.17) is 34.4 Å². The van der Waals surface area contributed by atoms with Gasteiger partial charge < -0.3 is 164 Å². The third-order valence-electron chi connectivity index (χ3n) is 24.2. The number of phenolic OH excluding ortho intramolecular Hbond substituents is 1. The molecular formula is C96H142B5N19O26. The standard InChI is InChI=1S/C96H142B5N19O26/c102-49-9-1-19-74(112-86(125)72(106)17-5-13-53-108-83(122)63-31-41-68(42-32-63)99(141)142)92(131)118-80(57-60-25-37-66(38-26-60)97(137)138)88(127)111-56-16-8-24-79(117-95(134)81(58-61-27-39-67(40-28-61)98(139)140)119-93(132)75(20-2-10-50-103)113-87(126)73(107)18-6-14-54-109-84(123)64-33-43-69(44-34-64)100(143)144)91(130)116-78(23-7-15-55-110-85(124)65-35-45-70(46-36-65)101(145)146)90(129)114-76(21-3-11-51-104)89(128)115-77(22-4-12-52-105)94(133)120-82(96(135)136)59-62-29-47-71(121)48-30-62/h25-48,72-82,121,137-146H,1-24,49-59,102-107H2,(H,108,122)(H,109,123)(H,110,124)(H,111,127)(H,112,125)(H,113,126)(H,114,129)(H,115,128)(H,116,130)(H,117,134)(H,118,131)(H,119,132)(H,120,133)(H,135,136)/t72-,73-,74-,75-,76-,77-,78-,79-,80-,81-,82-/m0/s1. The van der Waals surface area contributed by atoms with E-state index >= 15 is 19.2 Å². The number of aliphatic carboxylic acids is 1. The zero-order chi connectivity index (χ0) is 107. The van der Waals surface area contributed by atoms with Crippen LogP contribution in [0.1, 0.15) is 202 Å². The van der Waals surface area contributed by atoms with Crippen LogP contribution in [0.5, 0.6) is 5.75 Å². The van der Waals surface area contributed by atoms with Crippen molar-refractivity contribution in [2.24, 2.45) is 34.4 Å². The molecule has 0 saturated carbocycles. The first-order valence-electron chi connectivity index (χ1n) is 49.3. The van der Waals surface area contributed by atoms with Crippen LogP contribution in [0.2, 0.25) is 0 Å². The number of carboxylic acids is 1. The van der Waals surface area contributed by atoms with Crippen molar-refractivity contribution in [3.63, 3.8) is 0 Å². The van der Waals surface area contributed by atoms with E-state index in [2.05, 4.69) is 69.1 Å². The summed E-state index contributed by atoms with van der Waals surface area (Å²) in [5, 5.41) is 153. The number of hydrogen-bond donors (Lipinski definition) is 31. The molecule has 11 atom stereocenters.